The summed E-state index contributed by atoms with van der Waals surface area (Å²) >= 11 is 0. The van der Waals surface area contributed by atoms with E-state index in [9.17, 15) is 4.79 Å². The number of nitrogens with one attached hydrogen (secondary N) is 1. The summed E-state index contributed by atoms with van der Waals surface area (Å²) in [7, 11) is 0. The number of hydrogen-bond acceptors (Lipinski definition) is 2. The second-order valence-corrected chi connectivity index (χ2v) is 5.75. The molecule has 0 saturated carbocycles. The third kappa shape index (κ3) is 4.80. The van der Waals surface area contributed by atoms with Crippen LogP contribution >= 0.6 is 0 Å². The predicted octanol–water partition coefficient (Wildman–Crippen LogP) is 5.44. The molecule has 0 radical (unpaired) electrons. The third-order valence-corrected chi connectivity index (χ3v) is 3.81. The zero-order chi connectivity index (χ0) is 18.2. The molecular formula is C22H20N2O2. The number of ether oxygens (including phenoxy) is 1. The highest BCUT2D eigenvalue weighted by atomic mass is 16.5. The Hall–Kier alpha value is -3.40. The molecule has 4 heteroatoms. The van der Waals surface area contributed by atoms with E-state index in [-0.39, 0.29) is 12.0 Å². The van der Waals surface area contributed by atoms with Gasteiger partial charge in [-0.15, -0.1) is 0 Å². The molecular weight excluding hydrogens is 324 g/mol. The third-order valence-electron chi connectivity index (χ3n) is 3.81. The summed E-state index contributed by atoms with van der Waals surface area (Å²) in [6.07, 6.45) is -0.236. The molecule has 2 amide bonds. The molecule has 0 spiro atoms. The van der Waals surface area contributed by atoms with Crippen LogP contribution in [-0.4, -0.2) is 11.9 Å². The maximum Gasteiger partial charge on any atom is 0.348 e. The maximum absolute atomic E-state index is 12.3. The minimum Gasteiger partial charge on any atom is -0.469 e. The van der Waals surface area contributed by atoms with Gasteiger partial charge in [-0.1, -0.05) is 66.7 Å². The van der Waals surface area contributed by atoms with Crippen LogP contribution in [0.15, 0.2) is 96.0 Å². The van der Waals surface area contributed by atoms with Crippen molar-refractivity contribution in [3.8, 4) is 0 Å². The Balaban J connectivity index is 1.82. The standard InChI is InChI=1S/C22H20N2O2/c1-17(18-11-5-2-6-12-18)26-21(19-13-7-3-8-14-19)24-22(25)23-20-15-9-4-10-16-20/h2-17H,1H3,(H,23,25)/b24-21-. The van der Waals surface area contributed by atoms with Crippen LogP contribution in [0.2, 0.25) is 0 Å². The van der Waals surface area contributed by atoms with Gasteiger partial charge in [-0.25, -0.2) is 4.79 Å². The van der Waals surface area contributed by atoms with Crippen molar-refractivity contribution in [3.63, 3.8) is 0 Å². The van der Waals surface area contributed by atoms with Gasteiger partial charge in [0, 0.05) is 11.3 Å². The van der Waals surface area contributed by atoms with Crippen LogP contribution in [-0.2, 0) is 4.74 Å². The lowest BCUT2D eigenvalue weighted by molar-refractivity contribution is 0.212. The van der Waals surface area contributed by atoms with Crippen molar-refractivity contribution in [2.24, 2.45) is 4.99 Å². The molecule has 130 valence electrons. The van der Waals surface area contributed by atoms with E-state index in [1.165, 1.54) is 0 Å². The fraction of sp³-hybridized carbons (Fsp3) is 0.0909. The molecule has 0 fully saturated rings. The van der Waals surface area contributed by atoms with Gasteiger partial charge in [0.25, 0.3) is 0 Å². The van der Waals surface area contributed by atoms with Crippen LogP contribution in [0.5, 0.6) is 0 Å². The van der Waals surface area contributed by atoms with Crippen molar-refractivity contribution in [1.82, 2.24) is 0 Å². The molecule has 0 aliphatic heterocycles. The van der Waals surface area contributed by atoms with Crippen molar-refractivity contribution in [2.45, 2.75) is 13.0 Å². The first-order valence-electron chi connectivity index (χ1n) is 8.44. The van der Waals surface area contributed by atoms with E-state index in [0.717, 1.165) is 11.1 Å². The summed E-state index contributed by atoms with van der Waals surface area (Å²) in [5.41, 5.74) is 2.45. The number of anilines is 1. The van der Waals surface area contributed by atoms with E-state index < -0.39 is 6.03 Å². The quantitative estimate of drug-likeness (QED) is 0.506. The van der Waals surface area contributed by atoms with E-state index in [4.69, 9.17) is 4.74 Å². The average Bonchev–Trinajstić information content (AvgIpc) is 2.69. The fourth-order valence-corrected chi connectivity index (χ4v) is 2.46. The van der Waals surface area contributed by atoms with Crippen LogP contribution < -0.4 is 5.32 Å². The molecule has 1 N–H and O–H groups in total. The number of para-hydroxylation sites is 1. The lowest BCUT2D eigenvalue weighted by Crippen LogP contribution is -2.15. The Bertz CT molecular complexity index is 862. The highest BCUT2D eigenvalue weighted by Crippen LogP contribution is 2.19. The van der Waals surface area contributed by atoms with Gasteiger partial charge in [-0.2, -0.15) is 4.99 Å². The highest BCUT2D eigenvalue weighted by molar-refractivity contribution is 6.04. The predicted molar refractivity (Wildman–Crippen MR) is 104 cm³/mol. The first kappa shape index (κ1) is 17.4. The number of amides is 2. The van der Waals surface area contributed by atoms with Gasteiger partial charge in [0.1, 0.15) is 6.10 Å². The second kappa shape index (κ2) is 8.62. The van der Waals surface area contributed by atoms with E-state index in [2.05, 4.69) is 10.3 Å². The summed E-state index contributed by atoms with van der Waals surface area (Å²) in [4.78, 5) is 16.5. The Morgan fingerprint density at radius 3 is 2.00 bits per heavy atom. The molecule has 0 bridgehead atoms. The van der Waals surface area contributed by atoms with Crippen LogP contribution in [0.3, 0.4) is 0 Å². The van der Waals surface area contributed by atoms with Gasteiger partial charge in [0.2, 0.25) is 5.90 Å². The van der Waals surface area contributed by atoms with Crippen LogP contribution in [0, 0.1) is 0 Å². The van der Waals surface area contributed by atoms with Crippen molar-refractivity contribution >= 4 is 17.6 Å². The minimum atomic E-state index is -0.477. The molecule has 3 rings (SSSR count). The molecule has 0 aromatic heterocycles. The molecule has 4 nitrogen and oxygen atoms in total. The van der Waals surface area contributed by atoms with Gasteiger partial charge in [-0.05, 0) is 36.8 Å². The lowest BCUT2D eigenvalue weighted by Gasteiger charge is -2.17. The molecule has 0 aliphatic carbocycles. The molecule has 0 heterocycles. The van der Waals surface area contributed by atoms with Gasteiger partial charge >= 0.3 is 6.03 Å². The molecule has 0 aliphatic rings. The first-order chi connectivity index (χ1) is 12.7. The normalized spacial score (nSPS) is 12.3. The maximum atomic E-state index is 12.3. The average molecular weight is 344 g/mol. The Morgan fingerprint density at radius 2 is 1.38 bits per heavy atom. The van der Waals surface area contributed by atoms with Gasteiger partial charge in [-0.3, -0.25) is 0 Å². The summed E-state index contributed by atoms with van der Waals surface area (Å²) in [6, 6.07) is 28.0. The van der Waals surface area contributed by atoms with Crippen molar-refractivity contribution < 1.29 is 9.53 Å². The summed E-state index contributed by atoms with van der Waals surface area (Å²) in [5, 5.41) is 2.75. The molecule has 3 aromatic carbocycles. The smallest absolute Gasteiger partial charge is 0.348 e. The van der Waals surface area contributed by atoms with E-state index in [1.54, 1.807) is 0 Å². The number of carbonyl (C=O) groups excluding carboxylic acids is 1. The van der Waals surface area contributed by atoms with Crippen molar-refractivity contribution in [2.75, 3.05) is 5.32 Å². The van der Waals surface area contributed by atoms with E-state index in [1.807, 2.05) is 97.9 Å². The summed E-state index contributed by atoms with van der Waals surface area (Å²) < 4.78 is 6.02. The fourth-order valence-electron chi connectivity index (χ4n) is 2.46. The largest absolute Gasteiger partial charge is 0.469 e. The molecule has 26 heavy (non-hydrogen) atoms. The number of urea groups is 1. The van der Waals surface area contributed by atoms with Gasteiger partial charge in [0.05, 0.1) is 0 Å². The monoisotopic (exact) mass is 344 g/mol. The number of carbonyl (C=O) groups is 1. The van der Waals surface area contributed by atoms with Crippen molar-refractivity contribution in [1.29, 1.82) is 0 Å². The van der Waals surface area contributed by atoms with Gasteiger partial charge in [0.15, 0.2) is 0 Å². The molecule has 1 unspecified atom stereocenters. The molecule has 0 saturated heterocycles. The van der Waals surface area contributed by atoms with Crippen molar-refractivity contribution in [3.05, 3.63) is 102 Å². The number of nitrogens with zero attached hydrogens (tertiary/aromatic N) is 1. The van der Waals surface area contributed by atoms with Crippen LogP contribution in [0.1, 0.15) is 24.2 Å². The van der Waals surface area contributed by atoms with Crippen LogP contribution in [0.25, 0.3) is 0 Å². The van der Waals surface area contributed by atoms with E-state index >= 15 is 0 Å². The van der Waals surface area contributed by atoms with Crippen LogP contribution in [0.4, 0.5) is 10.5 Å². The Labute approximate surface area is 153 Å². The Morgan fingerprint density at radius 1 is 0.846 bits per heavy atom. The molecule has 1 atom stereocenters. The zero-order valence-corrected chi connectivity index (χ0v) is 14.5. The number of benzene rings is 3. The molecule has 3 aromatic rings. The zero-order valence-electron chi connectivity index (χ0n) is 14.5. The first-order valence-corrected chi connectivity index (χ1v) is 8.44. The summed E-state index contributed by atoms with van der Waals surface area (Å²) in [6.45, 7) is 1.93. The Kier molecular flexibility index (Phi) is 5.78. The number of rotatable bonds is 4. The number of hydrogen-bond donors (Lipinski definition) is 1. The van der Waals surface area contributed by atoms with Gasteiger partial charge < -0.3 is 10.1 Å². The lowest BCUT2D eigenvalue weighted by atomic mass is 10.1. The van der Waals surface area contributed by atoms with E-state index in [0.29, 0.717) is 5.69 Å². The SMILES string of the molecule is CC(O/C(=N\C(=O)Nc1ccccc1)c1ccccc1)c1ccccc1. The topological polar surface area (TPSA) is 50.7 Å². The minimum absolute atomic E-state index is 0.236. The highest BCUT2D eigenvalue weighted by Gasteiger charge is 2.14. The second-order valence-electron chi connectivity index (χ2n) is 5.75. The summed E-state index contributed by atoms with van der Waals surface area (Å²) in [5.74, 6) is 0.287. The number of aliphatic imine (C=N–C) groups is 1.